The van der Waals surface area contributed by atoms with Crippen molar-refractivity contribution in [1.29, 1.82) is 5.26 Å². The molecular formula is C21H22FN5O3S. The summed E-state index contributed by atoms with van der Waals surface area (Å²) in [6, 6.07) is 8.76. The van der Waals surface area contributed by atoms with Crippen LogP contribution in [-0.4, -0.2) is 35.6 Å². The van der Waals surface area contributed by atoms with Crippen molar-refractivity contribution in [2.24, 2.45) is 10.7 Å². The lowest BCUT2D eigenvalue weighted by Gasteiger charge is -2.26. The van der Waals surface area contributed by atoms with Gasteiger partial charge >= 0.3 is 0 Å². The Bertz CT molecular complexity index is 1220. The van der Waals surface area contributed by atoms with Gasteiger partial charge in [0.2, 0.25) is 0 Å². The number of halogens is 1. The maximum atomic E-state index is 14.8. The lowest BCUT2D eigenvalue weighted by molar-refractivity contribution is 0.102. The molecular weight excluding hydrogens is 421 g/mol. The number of sulfone groups is 1. The zero-order valence-corrected chi connectivity index (χ0v) is 18.1. The Morgan fingerprint density at radius 2 is 1.97 bits per heavy atom. The van der Waals surface area contributed by atoms with Crippen molar-refractivity contribution in [3.05, 3.63) is 59.2 Å². The van der Waals surface area contributed by atoms with Crippen LogP contribution in [0, 0.1) is 17.1 Å². The molecule has 8 nitrogen and oxygen atoms in total. The first-order chi connectivity index (χ1) is 14.4. The van der Waals surface area contributed by atoms with Crippen LogP contribution in [0.4, 0.5) is 10.1 Å². The molecule has 0 spiro atoms. The van der Waals surface area contributed by atoms with Gasteiger partial charge in [0.1, 0.15) is 28.2 Å². The minimum atomic E-state index is -3.59. The molecule has 1 aromatic carbocycles. The van der Waals surface area contributed by atoms with Crippen molar-refractivity contribution in [2.45, 2.75) is 37.5 Å². The molecule has 0 radical (unpaired) electrons. The molecule has 0 unspecified atom stereocenters. The molecule has 3 N–H and O–H groups in total. The van der Waals surface area contributed by atoms with E-state index in [1.165, 1.54) is 50.4 Å². The van der Waals surface area contributed by atoms with E-state index in [-0.39, 0.29) is 35.0 Å². The second kappa shape index (κ2) is 7.74. The second-order valence-electron chi connectivity index (χ2n) is 8.04. The fourth-order valence-corrected chi connectivity index (χ4v) is 4.74. The smallest absolute Gasteiger partial charge is 0.274 e. The van der Waals surface area contributed by atoms with Gasteiger partial charge in [-0.05, 0) is 57.5 Å². The van der Waals surface area contributed by atoms with Gasteiger partial charge < -0.3 is 11.1 Å². The van der Waals surface area contributed by atoms with E-state index in [9.17, 15) is 17.6 Å². The van der Waals surface area contributed by atoms with Crippen LogP contribution in [0.25, 0.3) is 0 Å². The monoisotopic (exact) mass is 443 g/mol. The van der Waals surface area contributed by atoms with Crippen molar-refractivity contribution in [1.82, 2.24) is 4.98 Å². The van der Waals surface area contributed by atoms with Gasteiger partial charge in [-0.3, -0.25) is 9.79 Å². The van der Waals surface area contributed by atoms with E-state index in [4.69, 9.17) is 11.0 Å². The maximum Gasteiger partial charge on any atom is 0.274 e. The highest BCUT2D eigenvalue weighted by Gasteiger charge is 2.45. The van der Waals surface area contributed by atoms with Gasteiger partial charge in [-0.15, -0.1) is 0 Å². The molecule has 2 heterocycles. The van der Waals surface area contributed by atoms with Crippen molar-refractivity contribution in [2.75, 3.05) is 11.1 Å². The number of rotatable bonds is 3. The van der Waals surface area contributed by atoms with Crippen LogP contribution in [0.1, 0.15) is 48.8 Å². The van der Waals surface area contributed by atoms with Crippen molar-refractivity contribution in [3.63, 3.8) is 0 Å². The third-order valence-corrected chi connectivity index (χ3v) is 8.05. The van der Waals surface area contributed by atoms with Crippen molar-refractivity contribution < 1.29 is 17.6 Å². The molecule has 0 saturated carbocycles. The lowest BCUT2D eigenvalue weighted by Crippen LogP contribution is -2.45. The first kappa shape index (κ1) is 22.4. The summed E-state index contributed by atoms with van der Waals surface area (Å²) in [7, 11) is -3.59. The number of amidine groups is 1. The number of pyridine rings is 1. The van der Waals surface area contributed by atoms with E-state index in [1.54, 1.807) is 6.92 Å². The summed E-state index contributed by atoms with van der Waals surface area (Å²) in [5.41, 5.74) is 5.59. The SMILES string of the molecule is CC1(C)C(N)=N[C@](C)(c2cc(NC(=O)c3ccc(C#N)cn3)ccc2F)CCS1(=O)=O. The molecule has 10 heteroatoms. The third kappa shape index (κ3) is 4.14. The number of benzene rings is 1. The topological polar surface area (TPSA) is 138 Å². The molecule has 31 heavy (non-hydrogen) atoms. The molecule has 1 aromatic heterocycles. The molecule has 1 amide bonds. The zero-order chi connectivity index (χ0) is 23.0. The molecule has 2 aromatic rings. The van der Waals surface area contributed by atoms with Crippen LogP contribution in [0.5, 0.6) is 0 Å². The van der Waals surface area contributed by atoms with E-state index in [0.29, 0.717) is 5.56 Å². The molecule has 1 aliphatic rings. The van der Waals surface area contributed by atoms with Crippen LogP contribution in [0.3, 0.4) is 0 Å². The molecule has 3 rings (SSSR count). The van der Waals surface area contributed by atoms with E-state index in [1.807, 2.05) is 6.07 Å². The Kier molecular flexibility index (Phi) is 5.58. The normalized spacial score (nSPS) is 22.0. The number of nitrogens with one attached hydrogen (secondary N) is 1. The van der Waals surface area contributed by atoms with Gasteiger partial charge in [-0.25, -0.2) is 17.8 Å². The zero-order valence-electron chi connectivity index (χ0n) is 17.3. The number of anilines is 1. The number of hydrogen-bond acceptors (Lipinski definition) is 7. The average Bonchev–Trinajstić information content (AvgIpc) is 2.78. The van der Waals surface area contributed by atoms with E-state index in [0.717, 1.165) is 0 Å². The Hall–Kier alpha value is -3.32. The third-order valence-electron chi connectivity index (χ3n) is 5.55. The summed E-state index contributed by atoms with van der Waals surface area (Å²) in [5, 5.41) is 11.5. The van der Waals surface area contributed by atoms with E-state index in [2.05, 4.69) is 15.3 Å². The van der Waals surface area contributed by atoms with Gasteiger partial charge in [-0.1, -0.05) is 0 Å². The van der Waals surface area contributed by atoms with Crippen molar-refractivity contribution in [3.8, 4) is 6.07 Å². The first-order valence-electron chi connectivity index (χ1n) is 9.45. The highest BCUT2D eigenvalue weighted by atomic mass is 32.2. The highest BCUT2D eigenvalue weighted by Crippen LogP contribution is 2.38. The Balaban J connectivity index is 1.96. The first-order valence-corrected chi connectivity index (χ1v) is 11.1. The fourth-order valence-electron chi connectivity index (χ4n) is 3.20. The number of hydrogen-bond donors (Lipinski definition) is 2. The molecule has 0 saturated heterocycles. The predicted octanol–water partition coefficient (Wildman–Crippen LogP) is 2.51. The highest BCUT2D eigenvalue weighted by molar-refractivity contribution is 7.93. The van der Waals surface area contributed by atoms with Gasteiger partial charge in [-0.2, -0.15) is 5.26 Å². The Labute approximate surface area is 179 Å². The van der Waals surface area contributed by atoms with Crippen LogP contribution < -0.4 is 11.1 Å². The molecule has 0 bridgehead atoms. The van der Waals surface area contributed by atoms with Crippen LogP contribution in [0.2, 0.25) is 0 Å². The number of aromatic nitrogens is 1. The number of nitriles is 1. The largest absolute Gasteiger partial charge is 0.386 e. The average molecular weight is 444 g/mol. The number of carbonyl (C=O) groups excluding carboxylic acids is 1. The molecule has 162 valence electrons. The van der Waals surface area contributed by atoms with Gasteiger partial charge in [0.15, 0.2) is 9.84 Å². The summed E-state index contributed by atoms with van der Waals surface area (Å²) in [5.74, 6) is -1.44. The minimum absolute atomic E-state index is 0.0327. The Morgan fingerprint density at radius 1 is 1.26 bits per heavy atom. The quantitative estimate of drug-likeness (QED) is 0.747. The number of nitrogens with zero attached hydrogens (tertiary/aromatic N) is 3. The van der Waals surface area contributed by atoms with Crippen molar-refractivity contribution >= 4 is 27.3 Å². The summed E-state index contributed by atoms with van der Waals surface area (Å²) in [6.45, 7) is 4.57. The summed E-state index contributed by atoms with van der Waals surface area (Å²) in [6.07, 6.45) is 1.31. The van der Waals surface area contributed by atoms with E-state index < -0.39 is 31.8 Å². The molecule has 0 fully saturated rings. The number of amides is 1. The second-order valence-corrected chi connectivity index (χ2v) is 10.7. The Morgan fingerprint density at radius 3 is 2.58 bits per heavy atom. The number of carbonyl (C=O) groups is 1. The standard InChI is InChI=1S/C21H22FN5O3S/c1-20(2)19(24)27-21(3,8-9-31(20,29)30)15-10-14(5-6-16(15)22)26-18(28)17-7-4-13(11-23)12-25-17/h4-7,10,12H,8-9H2,1-3H3,(H2,24,27)(H,26,28)/t21-/m0/s1. The molecule has 0 aliphatic carbocycles. The van der Waals surface area contributed by atoms with Gasteiger partial charge in [0, 0.05) is 17.4 Å². The maximum absolute atomic E-state index is 14.8. The summed E-state index contributed by atoms with van der Waals surface area (Å²) >= 11 is 0. The minimum Gasteiger partial charge on any atom is -0.386 e. The number of nitrogens with two attached hydrogens (primary N) is 1. The molecule has 1 atom stereocenters. The van der Waals surface area contributed by atoms with Gasteiger partial charge in [0.05, 0.1) is 16.9 Å². The lowest BCUT2D eigenvalue weighted by atomic mass is 9.88. The number of aliphatic imine (C=N–C) groups is 1. The predicted molar refractivity (Wildman–Crippen MR) is 115 cm³/mol. The van der Waals surface area contributed by atoms with E-state index >= 15 is 0 Å². The summed E-state index contributed by atoms with van der Waals surface area (Å²) in [4.78, 5) is 20.8. The van der Waals surface area contributed by atoms with Crippen LogP contribution >= 0.6 is 0 Å². The van der Waals surface area contributed by atoms with Crippen LogP contribution in [-0.2, 0) is 15.4 Å². The summed E-state index contributed by atoms with van der Waals surface area (Å²) < 4.78 is 38.6. The van der Waals surface area contributed by atoms with Crippen LogP contribution in [0.15, 0.2) is 41.5 Å². The fraction of sp³-hybridized carbons (Fsp3) is 0.333. The molecule has 1 aliphatic heterocycles. The van der Waals surface area contributed by atoms with Gasteiger partial charge in [0.25, 0.3) is 5.91 Å².